The minimum atomic E-state index is -1.35. The van der Waals surface area contributed by atoms with Gasteiger partial charge in [0.1, 0.15) is 18.2 Å². The molecule has 5 nitrogen and oxygen atoms in total. The van der Waals surface area contributed by atoms with E-state index >= 15 is 0 Å². The lowest BCUT2D eigenvalue weighted by molar-refractivity contribution is -0.172. The van der Waals surface area contributed by atoms with Gasteiger partial charge in [-0.05, 0) is 24.6 Å². The number of nitrogens with zero attached hydrogens (tertiary/aromatic N) is 1. The van der Waals surface area contributed by atoms with Crippen LogP contribution in [0.2, 0.25) is 0 Å². The highest BCUT2D eigenvalue weighted by molar-refractivity contribution is 5.82. The first-order valence-electron chi connectivity index (χ1n) is 6.04. The average molecular weight is 285 g/mol. The summed E-state index contributed by atoms with van der Waals surface area (Å²) in [5.74, 6) is -3.37. The molecule has 7 heteroatoms. The molecule has 0 radical (unpaired) electrons. The van der Waals surface area contributed by atoms with Crippen molar-refractivity contribution in [2.45, 2.75) is 19.1 Å². The molecule has 0 aliphatic carbocycles. The molecule has 0 spiro atoms. The Labute approximate surface area is 113 Å². The summed E-state index contributed by atoms with van der Waals surface area (Å²) in [6.07, 6.45) is -1.35. The lowest BCUT2D eigenvalue weighted by atomic mass is 9.97. The topological polar surface area (TPSA) is 66.8 Å². The van der Waals surface area contributed by atoms with E-state index in [2.05, 4.69) is 0 Å². The molecule has 0 bridgehead atoms. The number of carbonyl (C=O) groups excluding carboxylic acids is 1. The van der Waals surface area contributed by atoms with Crippen molar-refractivity contribution in [2.75, 3.05) is 13.2 Å². The van der Waals surface area contributed by atoms with Crippen LogP contribution in [0.1, 0.15) is 18.5 Å². The highest BCUT2D eigenvalue weighted by Crippen LogP contribution is 2.31. The predicted molar refractivity (Wildman–Crippen MR) is 63.9 cm³/mol. The quantitative estimate of drug-likeness (QED) is 0.910. The van der Waals surface area contributed by atoms with E-state index in [1.165, 1.54) is 4.90 Å². The molecule has 20 heavy (non-hydrogen) atoms. The van der Waals surface area contributed by atoms with Crippen LogP contribution in [-0.4, -0.2) is 41.1 Å². The first kappa shape index (κ1) is 14.4. The number of rotatable bonds is 3. The summed E-state index contributed by atoms with van der Waals surface area (Å²) in [4.78, 5) is 24.2. The molecule has 1 aromatic carbocycles. The molecule has 1 fully saturated rings. The van der Waals surface area contributed by atoms with Crippen molar-refractivity contribution in [1.82, 2.24) is 4.90 Å². The number of halogens is 2. The van der Waals surface area contributed by atoms with Gasteiger partial charge in [0.15, 0.2) is 6.10 Å². The Kier molecular flexibility index (Phi) is 3.99. The van der Waals surface area contributed by atoms with Crippen molar-refractivity contribution >= 4 is 11.9 Å². The second-order valence-corrected chi connectivity index (χ2v) is 4.40. The fraction of sp³-hybridized carbons (Fsp3) is 0.385. The van der Waals surface area contributed by atoms with Gasteiger partial charge in [0.2, 0.25) is 5.91 Å². The summed E-state index contributed by atoms with van der Waals surface area (Å²) in [5, 5.41) is 9.16. The van der Waals surface area contributed by atoms with Gasteiger partial charge < -0.3 is 14.7 Å². The minimum absolute atomic E-state index is 0.0600. The fourth-order valence-electron chi connectivity index (χ4n) is 2.33. The number of hydrogen-bond acceptors (Lipinski definition) is 3. The smallest absolute Gasteiger partial charge is 0.335 e. The third kappa shape index (κ3) is 2.62. The van der Waals surface area contributed by atoms with Gasteiger partial charge >= 0.3 is 5.97 Å². The van der Waals surface area contributed by atoms with E-state index in [9.17, 15) is 18.4 Å². The highest BCUT2D eigenvalue weighted by atomic mass is 19.1. The normalized spacial score (nSPS) is 22.9. The van der Waals surface area contributed by atoms with E-state index in [-0.39, 0.29) is 18.7 Å². The lowest BCUT2D eigenvalue weighted by Gasteiger charge is -2.38. The Hall–Kier alpha value is -2.02. The third-order valence-corrected chi connectivity index (χ3v) is 3.14. The molecule has 0 aromatic heterocycles. The highest BCUT2D eigenvalue weighted by Gasteiger charge is 2.41. The second kappa shape index (κ2) is 5.54. The van der Waals surface area contributed by atoms with Crippen molar-refractivity contribution in [3.63, 3.8) is 0 Å². The zero-order chi connectivity index (χ0) is 14.9. The Balaban J connectivity index is 2.49. The number of carboxylic acids is 1. The molecular formula is C13H13F2NO4. The molecule has 2 atom stereocenters. The van der Waals surface area contributed by atoms with Gasteiger partial charge in [-0.2, -0.15) is 0 Å². The standard InChI is InChI=1S/C13H13F2NO4/c1-2-16-10(17)6-20-12(13(18)19)11(16)7-3-8(14)5-9(15)4-7/h3-5,11-12H,2,6H2,1H3,(H,18,19). The number of carboxylic acid groups (broad SMARTS) is 1. The van der Waals surface area contributed by atoms with Gasteiger partial charge in [-0.25, -0.2) is 13.6 Å². The van der Waals surface area contributed by atoms with Crippen LogP contribution < -0.4 is 0 Å². The fourth-order valence-corrected chi connectivity index (χ4v) is 2.33. The number of carbonyl (C=O) groups is 2. The van der Waals surface area contributed by atoms with Gasteiger partial charge in [0.05, 0.1) is 6.04 Å². The third-order valence-electron chi connectivity index (χ3n) is 3.14. The molecule has 1 aliphatic rings. The number of amides is 1. The van der Waals surface area contributed by atoms with E-state index < -0.39 is 35.7 Å². The van der Waals surface area contributed by atoms with Crippen molar-refractivity contribution in [3.05, 3.63) is 35.4 Å². The first-order valence-corrected chi connectivity index (χ1v) is 6.04. The number of ether oxygens (including phenoxy) is 1. The summed E-state index contributed by atoms with van der Waals surface area (Å²) in [6.45, 7) is 1.51. The van der Waals surface area contributed by atoms with Crippen molar-refractivity contribution in [2.24, 2.45) is 0 Å². The van der Waals surface area contributed by atoms with Crippen LogP contribution in [-0.2, 0) is 14.3 Å². The van der Waals surface area contributed by atoms with Gasteiger partial charge in [-0.15, -0.1) is 0 Å². The summed E-state index contributed by atoms with van der Waals surface area (Å²) >= 11 is 0. The zero-order valence-corrected chi connectivity index (χ0v) is 10.7. The first-order chi connectivity index (χ1) is 9.43. The molecular weight excluding hydrogens is 272 g/mol. The van der Waals surface area contributed by atoms with E-state index in [0.29, 0.717) is 6.07 Å². The largest absolute Gasteiger partial charge is 0.479 e. The Morgan fingerprint density at radius 3 is 2.50 bits per heavy atom. The molecule has 1 aromatic rings. The molecule has 0 saturated carbocycles. The predicted octanol–water partition coefficient (Wildman–Crippen LogP) is 1.34. The van der Waals surface area contributed by atoms with E-state index in [0.717, 1.165) is 12.1 Å². The Morgan fingerprint density at radius 2 is 2.00 bits per heavy atom. The number of likely N-dealkylation sites (N-methyl/N-ethyl adjacent to an activating group) is 1. The van der Waals surface area contributed by atoms with Gasteiger partial charge in [0.25, 0.3) is 0 Å². The van der Waals surface area contributed by atoms with Crippen molar-refractivity contribution < 1.29 is 28.2 Å². The van der Waals surface area contributed by atoms with Crippen LogP contribution in [0.3, 0.4) is 0 Å². The van der Waals surface area contributed by atoms with E-state index in [4.69, 9.17) is 9.84 Å². The van der Waals surface area contributed by atoms with Crippen LogP contribution in [0, 0.1) is 11.6 Å². The average Bonchev–Trinajstić information content (AvgIpc) is 2.36. The molecule has 2 rings (SSSR count). The maximum atomic E-state index is 13.3. The second-order valence-electron chi connectivity index (χ2n) is 4.40. The summed E-state index contributed by atoms with van der Waals surface area (Å²) in [6, 6.07) is 1.65. The molecule has 1 saturated heterocycles. The van der Waals surface area contributed by atoms with Gasteiger partial charge in [0, 0.05) is 12.6 Å². The van der Waals surface area contributed by atoms with Gasteiger partial charge in [-0.1, -0.05) is 0 Å². The van der Waals surface area contributed by atoms with Crippen LogP contribution in [0.15, 0.2) is 18.2 Å². The molecule has 1 N–H and O–H groups in total. The van der Waals surface area contributed by atoms with E-state index in [1.807, 2.05) is 0 Å². The monoisotopic (exact) mass is 285 g/mol. The molecule has 1 amide bonds. The SMILES string of the molecule is CCN1C(=O)COC(C(=O)O)C1c1cc(F)cc(F)c1. The summed E-state index contributed by atoms with van der Waals surface area (Å²) in [5.41, 5.74) is 0.0600. The Bertz CT molecular complexity index is 527. The number of morpholine rings is 1. The molecule has 1 aliphatic heterocycles. The van der Waals surface area contributed by atoms with Gasteiger partial charge in [-0.3, -0.25) is 4.79 Å². The number of aliphatic carboxylic acids is 1. The molecule has 108 valence electrons. The molecule has 2 unspecified atom stereocenters. The Morgan fingerprint density at radius 1 is 1.40 bits per heavy atom. The minimum Gasteiger partial charge on any atom is -0.479 e. The van der Waals surface area contributed by atoms with Crippen molar-refractivity contribution in [3.8, 4) is 0 Å². The maximum absolute atomic E-state index is 13.3. The lowest BCUT2D eigenvalue weighted by Crippen LogP contribution is -2.51. The number of benzene rings is 1. The van der Waals surface area contributed by atoms with E-state index in [1.54, 1.807) is 6.92 Å². The van der Waals surface area contributed by atoms with Crippen LogP contribution >= 0.6 is 0 Å². The summed E-state index contributed by atoms with van der Waals surface area (Å²) < 4.78 is 31.6. The zero-order valence-electron chi connectivity index (χ0n) is 10.7. The maximum Gasteiger partial charge on any atom is 0.335 e. The number of hydrogen-bond donors (Lipinski definition) is 1. The summed E-state index contributed by atoms with van der Waals surface area (Å²) in [7, 11) is 0. The van der Waals surface area contributed by atoms with Crippen molar-refractivity contribution in [1.29, 1.82) is 0 Å². The van der Waals surface area contributed by atoms with Crippen LogP contribution in [0.25, 0.3) is 0 Å². The van der Waals surface area contributed by atoms with Crippen LogP contribution in [0.4, 0.5) is 8.78 Å². The molecule has 1 heterocycles. The van der Waals surface area contributed by atoms with Crippen LogP contribution in [0.5, 0.6) is 0 Å².